The van der Waals surface area contributed by atoms with E-state index in [1.807, 2.05) is 26.1 Å². The molecule has 0 atom stereocenters. The van der Waals surface area contributed by atoms with Gasteiger partial charge < -0.3 is 5.32 Å². The Hall–Kier alpha value is -0.910. The van der Waals surface area contributed by atoms with Gasteiger partial charge in [-0.25, -0.2) is 12.7 Å². The molecule has 4 nitrogen and oxygen atoms in total. The molecule has 0 saturated heterocycles. The molecule has 1 rings (SSSR count). The van der Waals surface area contributed by atoms with E-state index in [1.165, 1.54) is 4.31 Å². The van der Waals surface area contributed by atoms with Crippen LogP contribution in [0.1, 0.15) is 44.2 Å². The molecule has 0 aliphatic heterocycles. The van der Waals surface area contributed by atoms with Crippen LogP contribution in [0.25, 0.3) is 0 Å². The Morgan fingerprint density at radius 2 is 1.90 bits per heavy atom. The van der Waals surface area contributed by atoms with Crippen LogP contribution in [0.15, 0.2) is 23.1 Å². The molecule has 0 bridgehead atoms. The van der Waals surface area contributed by atoms with Crippen molar-refractivity contribution in [3.63, 3.8) is 0 Å². The minimum atomic E-state index is -3.40. The molecule has 5 heteroatoms. The van der Waals surface area contributed by atoms with Crippen molar-refractivity contribution in [1.29, 1.82) is 0 Å². The minimum absolute atomic E-state index is 0.455. The summed E-state index contributed by atoms with van der Waals surface area (Å²) in [5.74, 6) is 0. The summed E-state index contributed by atoms with van der Waals surface area (Å²) in [6.45, 7) is 5.36. The van der Waals surface area contributed by atoms with E-state index in [0.717, 1.165) is 36.8 Å². The van der Waals surface area contributed by atoms with Gasteiger partial charge in [0.15, 0.2) is 0 Å². The van der Waals surface area contributed by atoms with E-state index >= 15 is 0 Å². The number of rotatable bonds is 9. The Morgan fingerprint density at radius 1 is 1.19 bits per heavy atom. The van der Waals surface area contributed by atoms with Crippen molar-refractivity contribution in [2.75, 3.05) is 20.6 Å². The second kappa shape index (κ2) is 8.51. The molecule has 0 aromatic heterocycles. The molecule has 0 spiro atoms. The number of unbranched alkanes of at least 4 members (excludes halogenated alkanes) is 2. The molecule has 0 aliphatic carbocycles. The van der Waals surface area contributed by atoms with Gasteiger partial charge in [0.1, 0.15) is 0 Å². The van der Waals surface area contributed by atoms with Gasteiger partial charge in [0.05, 0.1) is 4.90 Å². The maximum atomic E-state index is 12.8. The normalized spacial score (nSPS) is 12.0. The fourth-order valence-corrected chi connectivity index (χ4v) is 3.87. The van der Waals surface area contributed by atoms with Crippen LogP contribution in [0.3, 0.4) is 0 Å². The minimum Gasteiger partial charge on any atom is -0.316 e. The summed E-state index contributed by atoms with van der Waals surface area (Å²) >= 11 is 0. The number of hydrogen-bond acceptors (Lipinski definition) is 3. The number of sulfonamides is 1. The average Bonchev–Trinajstić information content (AvgIpc) is 2.47. The van der Waals surface area contributed by atoms with E-state index in [-0.39, 0.29) is 0 Å². The lowest BCUT2D eigenvalue weighted by Crippen LogP contribution is -2.29. The highest BCUT2D eigenvalue weighted by molar-refractivity contribution is 7.89. The van der Waals surface area contributed by atoms with Gasteiger partial charge in [-0.15, -0.1) is 0 Å². The third-order valence-corrected chi connectivity index (χ3v) is 5.60. The molecule has 1 aromatic rings. The quantitative estimate of drug-likeness (QED) is 0.713. The first-order valence-electron chi connectivity index (χ1n) is 7.70. The van der Waals surface area contributed by atoms with Crippen molar-refractivity contribution in [3.8, 4) is 0 Å². The zero-order valence-electron chi connectivity index (χ0n) is 13.6. The summed E-state index contributed by atoms with van der Waals surface area (Å²) in [7, 11) is 0.138. The topological polar surface area (TPSA) is 49.4 Å². The van der Waals surface area contributed by atoms with Gasteiger partial charge >= 0.3 is 0 Å². The fourth-order valence-electron chi connectivity index (χ4n) is 2.32. The number of aryl methyl sites for hydroxylation is 1. The molecule has 0 aliphatic rings. The van der Waals surface area contributed by atoms with Gasteiger partial charge in [-0.3, -0.25) is 0 Å². The van der Waals surface area contributed by atoms with Crippen LogP contribution in [0.4, 0.5) is 0 Å². The van der Waals surface area contributed by atoms with Crippen LogP contribution < -0.4 is 5.32 Å². The zero-order chi connectivity index (χ0) is 15.9. The second-order valence-electron chi connectivity index (χ2n) is 5.36. The van der Waals surface area contributed by atoms with Crippen molar-refractivity contribution < 1.29 is 8.42 Å². The van der Waals surface area contributed by atoms with Crippen LogP contribution in [0.5, 0.6) is 0 Å². The van der Waals surface area contributed by atoms with E-state index in [4.69, 9.17) is 0 Å². The van der Waals surface area contributed by atoms with Gasteiger partial charge in [0.2, 0.25) is 10.0 Å². The molecule has 1 N–H and O–H groups in total. The molecule has 21 heavy (non-hydrogen) atoms. The Bertz CT molecular complexity index is 541. The number of benzene rings is 1. The highest BCUT2D eigenvalue weighted by Crippen LogP contribution is 2.22. The lowest BCUT2D eigenvalue weighted by atomic mass is 10.1. The third-order valence-electron chi connectivity index (χ3n) is 3.66. The Balaban J connectivity index is 3.07. The predicted molar refractivity (Wildman–Crippen MR) is 87.9 cm³/mol. The van der Waals surface area contributed by atoms with Crippen LogP contribution in [0.2, 0.25) is 0 Å². The van der Waals surface area contributed by atoms with E-state index < -0.39 is 10.0 Å². The summed E-state index contributed by atoms with van der Waals surface area (Å²) in [5.41, 5.74) is 1.88. The van der Waals surface area contributed by atoms with Gasteiger partial charge in [0, 0.05) is 20.1 Å². The largest absolute Gasteiger partial charge is 0.316 e. The van der Waals surface area contributed by atoms with E-state index in [0.29, 0.717) is 18.0 Å². The Labute approximate surface area is 129 Å². The van der Waals surface area contributed by atoms with Crippen LogP contribution in [0, 0.1) is 0 Å². The predicted octanol–water partition coefficient (Wildman–Crippen LogP) is 2.78. The number of hydrogen-bond donors (Lipinski definition) is 1. The highest BCUT2D eigenvalue weighted by atomic mass is 32.2. The van der Waals surface area contributed by atoms with Crippen molar-refractivity contribution in [3.05, 3.63) is 29.3 Å². The lowest BCUT2D eigenvalue weighted by Gasteiger charge is -2.19. The standard InChI is InChI=1S/C16H28N2O2S/c1-5-7-8-11-18(4)21(19,20)16-12-14(13-17-3)9-10-15(16)6-2/h9-10,12,17H,5-8,11,13H2,1-4H3. The van der Waals surface area contributed by atoms with Gasteiger partial charge in [-0.2, -0.15) is 0 Å². The van der Waals surface area contributed by atoms with Crippen LogP contribution in [-0.2, 0) is 23.0 Å². The molecular weight excluding hydrogens is 284 g/mol. The van der Waals surface area contributed by atoms with Gasteiger partial charge in [-0.05, 0) is 37.1 Å². The molecule has 0 radical (unpaired) electrons. The fraction of sp³-hybridized carbons (Fsp3) is 0.625. The smallest absolute Gasteiger partial charge is 0.243 e. The van der Waals surface area contributed by atoms with Crippen molar-refractivity contribution in [2.45, 2.75) is 51.0 Å². The van der Waals surface area contributed by atoms with Gasteiger partial charge in [-0.1, -0.05) is 38.8 Å². The maximum Gasteiger partial charge on any atom is 0.243 e. The molecule has 1 aromatic carbocycles. The van der Waals surface area contributed by atoms with E-state index in [1.54, 1.807) is 13.1 Å². The van der Waals surface area contributed by atoms with Gasteiger partial charge in [0.25, 0.3) is 0 Å². The summed E-state index contributed by atoms with van der Waals surface area (Å²) in [6.07, 6.45) is 3.77. The highest BCUT2D eigenvalue weighted by Gasteiger charge is 2.23. The first-order valence-corrected chi connectivity index (χ1v) is 9.14. The summed E-state index contributed by atoms with van der Waals surface area (Å²) in [5, 5.41) is 3.06. The lowest BCUT2D eigenvalue weighted by molar-refractivity contribution is 0.453. The number of nitrogens with one attached hydrogen (secondary N) is 1. The molecule has 0 saturated carbocycles. The SMILES string of the molecule is CCCCCN(C)S(=O)(=O)c1cc(CNC)ccc1CC. The molecule has 0 heterocycles. The molecule has 0 fully saturated rings. The average molecular weight is 312 g/mol. The van der Waals surface area contributed by atoms with Crippen LogP contribution >= 0.6 is 0 Å². The molecule has 120 valence electrons. The molecule has 0 unspecified atom stereocenters. The van der Waals surface area contributed by atoms with Crippen molar-refractivity contribution in [2.24, 2.45) is 0 Å². The Morgan fingerprint density at radius 3 is 2.48 bits per heavy atom. The summed E-state index contributed by atoms with van der Waals surface area (Å²) < 4.78 is 27.0. The van der Waals surface area contributed by atoms with E-state index in [9.17, 15) is 8.42 Å². The third kappa shape index (κ3) is 4.80. The van der Waals surface area contributed by atoms with Crippen molar-refractivity contribution in [1.82, 2.24) is 9.62 Å². The molecular formula is C16H28N2O2S. The number of nitrogens with zero attached hydrogens (tertiary/aromatic N) is 1. The first-order chi connectivity index (χ1) is 9.97. The van der Waals surface area contributed by atoms with Crippen molar-refractivity contribution >= 4 is 10.0 Å². The van der Waals surface area contributed by atoms with E-state index in [2.05, 4.69) is 12.2 Å². The first kappa shape index (κ1) is 18.1. The van der Waals surface area contributed by atoms with Crippen LogP contribution in [-0.4, -0.2) is 33.4 Å². The molecule has 0 amide bonds. The Kier molecular flexibility index (Phi) is 7.35. The zero-order valence-corrected chi connectivity index (χ0v) is 14.5. The monoisotopic (exact) mass is 312 g/mol. The second-order valence-corrected chi connectivity index (χ2v) is 7.37. The summed E-state index contributed by atoms with van der Waals surface area (Å²) in [4.78, 5) is 0.455. The summed E-state index contributed by atoms with van der Waals surface area (Å²) in [6, 6.07) is 5.73. The maximum absolute atomic E-state index is 12.8.